The summed E-state index contributed by atoms with van der Waals surface area (Å²) in [4.78, 5) is 44.6. The van der Waals surface area contributed by atoms with E-state index in [9.17, 15) is 14.4 Å². The van der Waals surface area contributed by atoms with Crippen molar-refractivity contribution >= 4 is 46.5 Å². The fraction of sp³-hybridized carbons (Fsp3) is 0.111. The molecule has 0 aromatic heterocycles. The minimum absolute atomic E-state index is 0.0158. The number of anilines is 2. The first-order valence-electron chi connectivity index (χ1n) is 11.2. The average Bonchev–Trinajstić information content (AvgIpc) is 3.09. The van der Waals surface area contributed by atoms with Crippen molar-refractivity contribution in [1.82, 2.24) is 5.32 Å². The van der Waals surface area contributed by atoms with E-state index in [1.165, 1.54) is 11.1 Å². The minimum atomic E-state index is -1.40. The summed E-state index contributed by atoms with van der Waals surface area (Å²) in [5, 5.41) is 5.76. The van der Waals surface area contributed by atoms with Gasteiger partial charge in [-0.05, 0) is 37.3 Å². The van der Waals surface area contributed by atoms with Gasteiger partial charge in [-0.2, -0.15) is 0 Å². The Morgan fingerprint density at radius 1 is 0.972 bits per heavy atom. The Morgan fingerprint density at radius 2 is 1.67 bits per heavy atom. The van der Waals surface area contributed by atoms with Crippen molar-refractivity contribution in [3.63, 3.8) is 0 Å². The molecule has 0 spiro atoms. The maximum atomic E-state index is 13.2. The monoisotopic (exact) mass is 502 g/mol. The Kier molecular flexibility index (Phi) is 7.77. The number of aliphatic imine (C=N–C) groups is 1. The van der Waals surface area contributed by atoms with Crippen molar-refractivity contribution in [3.05, 3.63) is 107 Å². The molecule has 9 heteroatoms. The summed E-state index contributed by atoms with van der Waals surface area (Å²) >= 11 is 5.91. The fourth-order valence-electron chi connectivity index (χ4n) is 3.68. The van der Waals surface area contributed by atoms with Gasteiger partial charge < -0.3 is 20.3 Å². The van der Waals surface area contributed by atoms with Crippen molar-refractivity contribution in [2.75, 3.05) is 16.8 Å². The predicted octanol–water partition coefficient (Wildman–Crippen LogP) is 4.75. The molecule has 0 aliphatic carbocycles. The molecule has 0 saturated heterocycles. The Bertz CT molecular complexity index is 1320. The van der Waals surface area contributed by atoms with E-state index in [1.807, 2.05) is 42.5 Å². The van der Waals surface area contributed by atoms with E-state index in [-0.39, 0.29) is 6.61 Å². The number of amides is 2. The van der Waals surface area contributed by atoms with E-state index in [1.54, 1.807) is 49.5 Å². The number of benzene rings is 3. The molecule has 1 aliphatic rings. The number of carbonyl (C=O) groups is 3. The molecular weight excluding hydrogens is 480 g/mol. The van der Waals surface area contributed by atoms with Crippen LogP contribution in [0.3, 0.4) is 0 Å². The van der Waals surface area contributed by atoms with E-state index < -0.39 is 23.9 Å². The van der Waals surface area contributed by atoms with Gasteiger partial charge >= 0.3 is 12.0 Å². The largest absolute Gasteiger partial charge is 0.460 e. The van der Waals surface area contributed by atoms with Crippen molar-refractivity contribution in [2.45, 2.75) is 13.1 Å². The standard InChI is InChI=1S/C27H23ClN4O4/c1-2-36-26(34)24(33)25(31-27(35)30-20-14-12-19(28)13-15-20)32-17-16-29-23(18-8-4-3-5-9-18)21-10-6-7-11-22(21)32/h3-17,25H,2H2,1H3,(H2,30,31,35). The van der Waals surface area contributed by atoms with Crippen LogP contribution in [0.15, 0.2) is 96.3 Å². The lowest BCUT2D eigenvalue weighted by Crippen LogP contribution is -2.55. The van der Waals surface area contributed by atoms with Gasteiger partial charge in [0.05, 0.1) is 18.0 Å². The van der Waals surface area contributed by atoms with Crippen LogP contribution in [-0.2, 0) is 14.3 Å². The molecule has 1 heterocycles. The normalized spacial score (nSPS) is 13.1. The molecule has 36 heavy (non-hydrogen) atoms. The van der Waals surface area contributed by atoms with Crippen LogP contribution >= 0.6 is 11.6 Å². The Labute approximate surface area is 213 Å². The third-order valence-electron chi connectivity index (χ3n) is 5.29. The number of hydrogen-bond donors (Lipinski definition) is 2. The van der Waals surface area contributed by atoms with Gasteiger partial charge in [-0.25, -0.2) is 9.59 Å². The number of nitrogens with zero attached hydrogens (tertiary/aromatic N) is 2. The first kappa shape index (κ1) is 24.7. The minimum Gasteiger partial charge on any atom is -0.460 e. The second-order valence-electron chi connectivity index (χ2n) is 7.66. The van der Waals surface area contributed by atoms with Crippen LogP contribution in [0.25, 0.3) is 0 Å². The number of ether oxygens (including phenoxy) is 1. The number of carbonyl (C=O) groups excluding carboxylic acids is 3. The van der Waals surface area contributed by atoms with Gasteiger partial charge in [-0.15, -0.1) is 0 Å². The SMILES string of the molecule is CCOC(=O)C(=O)C(NC(=O)Nc1ccc(Cl)cc1)N1C=CN=C(c2ccccc2)c2ccccc21. The van der Waals surface area contributed by atoms with E-state index in [4.69, 9.17) is 16.3 Å². The zero-order chi connectivity index (χ0) is 25.5. The molecule has 1 aliphatic heterocycles. The number of halogens is 1. The van der Waals surface area contributed by atoms with Crippen molar-refractivity contribution in [2.24, 2.45) is 4.99 Å². The number of Topliss-reactive ketones (excluding diaryl/α,β-unsaturated/α-hetero) is 1. The number of hydrogen-bond acceptors (Lipinski definition) is 6. The Balaban J connectivity index is 1.69. The number of para-hydroxylation sites is 1. The average molecular weight is 503 g/mol. The van der Waals surface area contributed by atoms with Crippen molar-refractivity contribution < 1.29 is 19.1 Å². The number of rotatable bonds is 7. The van der Waals surface area contributed by atoms with Gasteiger partial charge in [0.25, 0.3) is 5.78 Å². The Hall–Kier alpha value is -4.43. The molecule has 4 rings (SSSR count). The quantitative estimate of drug-likeness (QED) is 0.359. The second-order valence-corrected chi connectivity index (χ2v) is 8.10. The third-order valence-corrected chi connectivity index (χ3v) is 5.54. The molecular formula is C27H23ClN4O4. The smallest absolute Gasteiger partial charge is 0.378 e. The highest BCUT2D eigenvalue weighted by atomic mass is 35.5. The summed E-state index contributed by atoms with van der Waals surface area (Å²) in [6, 6.07) is 22.7. The highest BCUT2D eigenvalue weighted by Crippen LogP contribution is 2.28. The predicted molar refractivity (Wildman–Crippen MR) is 139 cm³/mol. The van der Waals surface area contributed by atoms with Crippen LogP contribution in [-0.4, -0.2) is 36.3 Å². The van der Waals surface area contributed by atoms with E-state index in [2.05, 4.69) is 15.6 Å². The lowest BCUT2D eigenvalue weighted by Gasteiger charge is -2.30. The molecule has 0 radical (unpaired) electrons. The highest BCUT2D eigenvalue weighted by Gasteiger charge is 2.35. The fourth-order valence-corrected chi connectivity index (χ4v) is 3.81. The first-order chi connectivity index (χ1) is 17.5. The van der Waals surface area contributed by atoms with E-state index >= 15 is 0 Å². The molecule has 1 unspecified atom stereocenters. The lowest BCUT2D eigenvalue weighted by molar-refractivity contribution is -0.154. The van der Waals surface area contributed by atoms with Crippen molar-refractivity contribution in [3.8, 4) is 0 Å². The molecule has 3 aromatic carbocycles. The van der Waals surface area contributed by atoms with Gasteiger partial charge in [-0.1, -0.05) is 60.1 Å². The van der Waals surface area contributed by atoms with Gasteiger partial charge in [0.2, 0.25) is 0 Å². The summed E-state index contributed by atoms with van der Waals surface area (Å²) in [5.74, 6) is -2.00. The van der Waals surface area contributed by atoms with Gasteiger partial charge in [0, 0.05) is 34.2 Å². The molecule has 2 N–H and O–H groups in total. The molecule has 0 saturated carbocycles. The van der Waals surface area contributed by atoms with E-state index in [0.29, 0.717) is 22.1 Å². The van der Waals surface area contributed by atoms with Gasteiger partial charge in [0.15, 0.2) is 6.17 Å². The molecule has 8 nitrogen and oxygen atoms in total. The molecule has 0 bridgehead atoms. The zero-order valence-electron chi connectivity index (χ0n) is 19.4. The summed E-state index contributed by atoms with van der Waals surface area (Å²) < 4.78 is 4.94. The highest BCUT2D eigenvalue weighted by molar-refractivity contribution is 6.36. The molecule has 2 amide bonds. The maximum Gasteiger partial charge on any atom is 0.378 e. The molecule has 182 valence electrons. The number of urea groups is 1. The van der Waals surface area contributed by atoms with Crippen LogP contribution in [0.1, 0.15) is 18.1 Å². The lowest BCUT2D eigenvalue weighted by atomic mass is 10.00. The number of ketones is 1. The topological polar surface area (TPSA) is 100 Å². The summed E-state index contributed by atoms with van der Waals surface area (Å²) in [7, 11) is 0. The van der Waals surface area contributed by atoms with Crippen LogP contribution in [0.2, 0.25) is 5.02 Å². The first-order valence-corrected chi connectivity index (χ1v) is 11.6. The van der Waals surface area contributed by atoms with Crippen molar-refractivity contribution in [1.29, 1.82) is 0 Å². The molecule has 0 fully saturated rings. The summed E-state index contributed by atoms with van der Waals surface area (Å²) in [5.41, 5.74) is 3.30. The summed E-state index contributed by atoms with van der Waals surface area (Å²) in [6.07, 6.45) is 1.66. The van der Waals surface area contributed by atoms with E-state index in [0.717, 1.165) is 11.1 Å². The summed E-state index contributed by atoms with van der Waals surface area (Å²) in [6.45, 7) is 1.62. The van der Waals surface area contributed by atoms with Crippen LogP contribution in [0.5, 0.6) is 0 Å². The zero-order valence-corrected chi connectivity index (χ0v) is 20.1. The molecule has 1 atom stereocenters. The number of fused-ring (bicyclic) bond motifs is 1. The van der Waals surface area contributed by atoms with Crippen LogP contribution in [0.4, 0.5) is 16.2 Å². The van der Waals surface area contributed by atoms with Crippen LogP contribution < -0.4 is 15.5 Å². The van der Waals surface area contributed by atoms with Gasteiger partial charge in [0.1, 0.15) is 0 Å². The Morgan fingerprint density at radius 3 is 2.39 bits per heavy atom. The van der Waals surface area contributed by atoms with Crippen LogP contribution in [0, 0.1) is 0 Å². The third kappa shape index (κ3) is 5.61. The van der Waals surface area contributed by atoms with Gasteiger partial charge in [-0.3, -0.25) is 9.79 Å². The maximum absolute atomic E-state index is 13.2. The number of esters is 1. The molecule has 3 aromatic rings. The second kappa shape index (κ2) is 11.3. The number of nitrogens with one attached hydrogen (secondary N) is 2.